The van der Waals surface area contributed by atoms with Crippen LogP contribution in [0.25, 0.3) is 10.9 Å². The van der Waals surface area contributed by atoms with Crippen LogP contribution in [0.2, 0.25) is 0 Å². The molecule has 88 valence electrons. The molecule has 0 radical (unpaired) electrons. The largest absolute Gasteiger partial charge is 0.381 e. The summed E-state index contributed by atoms with van der Waals surface area (Å²) in [5.41, 5.74) is 2.18. The van der Waals surface area contributed by atoms with Gasteiger partial charge in [0, 0.05) is 24.7 Å². The van der Waals surface area contributed by atoms with E-state index in [9.17, 15) is 0 Å². The Hall–Kier alpha value is -1.61. The lowest BCUT2D eigenvalue weighted by Gasteiger charge is -2.35. The van der Waals surface area contributed by atoms with Crippen molar-refractivity contribution in [1.82, 2.24) is 4.98 Å². The molecule has 0 bridgehead atoms. The van der Waals surface area contributed by atoms with Crippen molar-refractivity contribution in [3.63, 3.8) is 0 Å². The molecule has 0 spiro atoms. The molecule has 1 aliphatic carbocycles. The normalized spacial score (nSPS) is 23.4. The fourth-order valence-electron chi connectivity index (χ4n) is 2.32. The van der Waals surface area contributed by atoms with Crippen LogP contribution in [0.5, 0.6) is 0 Å². The molecule has 3 rings (SSSR count). The van der Waals surface area contributed by atoms with E-state index in [1.165, 1.54) is 5.39 Å². The van der Waals surface area contributed by atoms with Gasteiger partial charge in [-0.3, -0.25) is 4.98 Å². The molecule has 0 atom stereocenters. The van der Waals surface area contributed by atoms with Crippen LogP contribution < -0.4 is 5.32 Å². The number of nitrogens with one attached hydrogen (secondary N) is 1. The maximum absolute atomic E-state index is 5.29. The number of para-hydroxylation sites is 1. The number of pyridine rings is 1. The van der Waals surface area contributed by atoms with Gasteiger partial charge in [0.25, 0.3) is 0 Å². The maximum Gasteiger partial charge on any atom is 0.0933 e. The molecule has 1 aromatic heterocycles. The Labute approximate surface area is 101 Å². The van der Waals surface area contributed by atoms with Crippen molar-refractivity contribution in [2.24, 2.45) is 0 Å². The van der Waals surface area contributed by atoms with E-state index in [1.54, 1.807) is 7.11 Å². The van der Waals surface area contributed by atoms with Crippen molar-refractivity contribution >= 4 is 16.6 Å². The summed E-state index contributed by atoms with van der Waals surface area (Å²) >= 11 is 0. The van der Waals surface area contributed by atoms with Gasteiger partial charge in [0.1, 0.15) is 0 Å². The van der Waals surface area contributed by atoms with Gasteiger partial charge in [0.05, 0.1) is 17.3 Å². The predicted octanol–water partition coefficient (Wildman–Crippen LogP) is 2.82. The van der Waals surface area contributed by atoms with Crippen molar-refractivity contribution < 1.29 is 4.74 Å². The number of hydrogen-bond acceptors (Lipinski definition) is 3. The second-order valence-electron chi connectivity index (χ2n) is 4.55. The van der Waals surface area contributed by atoms with Crippen molar-refractivity contribution in [1.29, 1.82) is 0 Å². The summed E-state index contributed by atoms with van der Waals surface area (Å²) < 4.78 is 5.29. The molecule has 2 aromatic rings. The number of benzene rings is 1. The van der Waals surface area contributed by atoms with E-state index < -0.39 is 0 Å². The van der Waals surface area contributed by atoms with Gasteiger partial charge in [-0.05, 0) is 25.0 Å². The Bertz CT molecular complexity index is 515. The second kappa shape index (κ2) is 4.34. The third kappa shape index (κ3) is 1.98. The minimum atomic E-state index is 0.426. The molecular weight excluding hydrogens is 212 g/mol. The van der Waals surface area contributed by atoms with Crippen LogP contribution in [0.4, 0.5) is 5.69 Å². The second-order valence-corrected chi connectivity index (χ2v) is 4.55. The van der Waals surface area contributed by atoms with Gasteiger partial charge in [0.15, 0.2) is 0 Å². The summed E-state index contributed by atoms with van der Waals surface area (Å²) in [5, 5.41) is 4.72. The summed E-state index contributed by atoms with van der Waals surface area (Å²) in [6.45, 7) is 0. The highest BCUT2D eigenvalue weighted by atomic mass is 16.5. The molecule has 0 unspecified atom stereocenters. The first-order valence-electron chi connectivity index (χ1n) is 6.00. The number of nitrogens with zero attached hydrogens (tertiary/aromatic N) is 1. The fourth-order valence-corrected chi connectivity index (χ4v) is 2.32. The zero-order valence-corrected chi connectivity index (χ0v) is 9.89. The molecule has 3 heteroatoms. The third-order valence-electron chi connectivity index (χ3n) is 3.42. The predicted molar refractivity (Wildman–Crippen MR) is 69.2 cm³/mol. The Morgan fingerprint density at radius 1 is 1.24 bits per heavy atom. The molecule has 1 saturated carbocycles. The molecule has 0 amide bonds. The Morgan fingerprint density at radius 2 is 2.06 bits per heavy atom. The van der Waals surface area contributed by atoms with E-state index in [0.717, 1.165) is 24.0 Å². The Kier molecular flexibility index (Phi) is 2.69. The lowest BCUT2D eigenvalue weighted by atomic mass is 9.89. The lowest BCUT2D eigenvalue weighted by Crippen LogP contribution is -2.40. The standard InChI is InChI=1S/C14H16N2O/c1-17-12-8-11(9-12)16-13-6-2-4-10-5-3-7-15-14(10)13/h2-7,11-12,16H,8-9H2,1H3. The van der Waals surface area contributed by atoms with E-state index in [-0.39, 0.29) is 0 Å². The molecule has 1 N–H and O–H groups in total. The average Bonchev–Trinajstić information content (AvgIpc) is 2.33. The van der Waals surface area contributed by atoms with E-state index in [0.29, 0.717) is 12.1 Å². The highest BCUT2D eigenvalue weighted by Gasteiger charge is 2.29. The molecule has 1 fully saturated rings. The number of hydrogen-bond donors (Lipinski definition) is 1. The van der Waals surface area contributed by atoms with E-state index in [1.807, 2.05) is 12.3 Å². The first kappa shape index (κ1) is 10.5. The van der Waals surface area contributed by atoms with Crippen molar-refractivity contribution in [2.45, 2.75) is 25.0 Å². The SMILES string of the molecule is COC1CC(Nc2cccc3cccnc23)C1. The van der Waals surface area contributed by atoms with Gasteiger partial charge in [-0.25, -0.2) is 0 Å². The van der Waals surface area contributed by atoms with Crippen LogP contribution in [0.3, 0.4) is 0 Å². The highest BCUT2D eigenvalue weighted by Crippen LogP contribution is 2.29. The van der Waals surface area contributed by atoms with Crippen LogP contribution in [0, 0.1) is 0 Å². The number of methoxy groups -OCH3 is 1. The zero-order chi connectivity index (χ0) is 11.7. The smallest absolute Gasteiger partial charge is 0.0933 e. The number of fused-ring (bicyclic) bond motifs is 1. The van der Waals surface area contributed by atoms with E-state index in [2.05, 4.69) is 34.6 Å². The monoisotopic (exact) mass is 228 g/mol. The van der Waals surface area contributed by atoms with Crippen molar-refractivity contribution in [3.8, 4) is 0 Å². The third-order valence-corrected chi connectivity index (χ3v) is 3.42. The summed E-state index contributed by atoms with van der Waals surface area (Å²) in [7, 11) is 1.78. The summed E-state index contributed by atoms with van der Waals surface area (Å²) in [5.74, 6) is 0. The lowest BCUT2D eigenvalue weighted by molar-refractivity contribution is 0.0329. The number of rotatable bonds is 3. The topological polar surface area (TPSA) is 34.1 Å². The van der Waals surface area contributed by atoms with Crippen molar-refractivity contribution in [3.05, 3.63) is 36.5 Å². The van der Waals surface area contributed by atoms with Gasteiger partial charge in [-0.1, -0.05) is 18.2 Å². The average molecular weight is 228 g/mol. The minimum Gasteiger partial charge on any atom is -0.381 e. The first-order valence-corrected chi connectivity index (χ1v) is 6.00. The van der Waals surface area contributed by atoms with Crippen LogP contribution in [0.1, 0.15) is 12.8 Å². The van der Waals surface area contributed by atoms with Gasteiger partial charge in [0.2, 0.25) is 0 Å². The molecule has 3 nitrogen and oxygen atoms in total. The fraction of sp³-hybridized carbons (Fsp3) is 0.357. The van der Waals surface area contributed by atoms with E-state index in [4.69, 9.17) is 4.74 Å². The van der Waals surface area contributed by atoms with Crippen LogP contribution in [-0.2, 0) is 4.74 Å². The summed E-state index contributed by atoms with van der Waals surface area (Å²) in [4.78, 5) is 4.44. The minimum absolute atomic E-state index is 0.426. The molecule has 0 saturated heterocycles. The molecule has 0 aliphatic heterocycles. The Morgan fingerprint density at radius 3 is 2.88 bits per heavy atom. The maximum atomic E-state index is 5.29. The van der Waals surface area contributed by atoms with E-state index >= 15 is 0 Å². The van der Waals surface area contributed by atoms with Gasteiger partial charge in [-0.2, -0.15) is 0 Å². The highest BCUT2D eigenvalue weighted by molar-refractivity contribution is 5.90. The Balaban J connectivity index is 1.81. The van der Waals surface area contributed by atoms with Crippen LogP contribution in [-0.4, -0.2) is 24.2 Å². The van der Waals surface area contributed by atoms with Crippen LogP contribution in [0.15, 0.2) is 36.5 Å². The van der Waals surface area contributed by atoms with Gasteiger partial charge >= 0.3 is 0 Å². The summed E-state index contributed by atoms with van der Waals surface area (Å²) in [6.07, 6.45) is 4.43. The first-order chi connectivity index (χ1) is 8.36. The molecule has 1 heterocycles. The number of aromatic nitrogens is 1. The summed E-state index contributed by atoms with van der Waals surface area (Å²) in [6, 6.07) is 10.8. The number of anilines is 1. The van der Waals surface area contributed by atoms with Crippen LogP contribution >= 0.6 is 0 Å². The molecule has 1 aliphatic rings. The van der Waals surface area contributed by atoms with Gasteiger partial charge in [-0.15, -0.1) is 0 Å². The quantitative estimate of drug-likeness (QED) is 0.877. The molecule has 17 heavy (non-hydrogen) atoms. The number of ether oxygens (including phenoxy) is 1. The molecule has 1 aromatic carbocycles. The zero-order valence-electron chi connectivity index (χ0n) is 9.89. The molecular formula is C14H16N2O. The van der Waals surface area contributed by atoms with Gasteiger partial charge < -0.3 is 10.1 Å². The van der Waals surface area contributed by atoms with Crippen molar-refractivity contribution in [2.75, 3.05) is 12.4 Å².